The first kappa shape index (κ1) is 69.1. The molecular formula is C60H78N4O16. The highest BCUT2D eigenvalue weighted by Gasteiger charge is 2.25. The van der Waals surface area contributed by atoms with Crippen molar-refractivity contribution < 1.29 is 79.3 Å². The van der Waals surface area contributed by atoms with Gasteiger partial charge in [-0.15, -0.1) is 0 Å². The normalized spacial score (nSPS) is 10.8. The predicted octanol–water partition coefficient (Wildman–Crippen LogP) is 7.71. The summed E-state index contributed by atoms with van der Waals surface area (Å²) in [7, 11) is 0. The SMILES string of the molecule is C.C.CCCCCNC(=O)[C@H](Cc1ccc(C=C(C(=O)O)C(=O)O)cc1)NC(=O)CCC(=O)O.CCCCCNC(=O)[C@H](Cc1ccc(C=C(C(=O)OCc2ccccc2)C(=O)OCc2ccccc2)cc1)NC(=O)CCC(=O)O.[HH]. The molecule has 0 fully saturated rings. The minimum absolute atomic E-state index is 0. The molecule has 4 aromatic rings. The highest BCUT2D eigenvalue weighted by Crippen LogP contribution is 2.17. The summed E-state index contributed by atoms with van der Waals surface area (Å²) in [6, 6.07) is 29.3. The van der Waals surface area contributed by atoms with Crippen molar-refractivity contribution in [1.82, 2.24) is 21.3 Å². The third-order valence-corrected chi connectivity index (χ3v) is 11.4. The molecule has 0 spiro atoms. The molecule has 0 aliphatic rings. The average Bonchev–Trinajstić information content (AvgIpc) is 3.42. The smallest absolute Gasteiger partial charge is 0.345 e. The van der Waals surface area contributed by atoms with Crippen LogP contribution in [0.2, 0.25) is 0 Å². The number of ether oxygens (including phenoxy) is 2. The molecular weight excluding hydrogens is 1030 g/mol. The summed E-state index contributed by atoms with van der Waals surface area (Å²) in [4.78, 5) is 120. The number of rotatable bonds is 32. The van der Waals surface area contributed by atoms with Crippen LogP contribution in [-0.2, 0) is 83.5 Å². The number of amides is 4. The van der Waals surface area contributed by atoms with Crippen molar-refractivity contribution >= 4 is 71.6 Å². The van der Waals surface area contributed by atoms with E-state index in [0.29, 0.717) is 35.3 Å². The summed E-state index contributed by atoms with van der Waals surface area (Å²) in [6.45, 7) is 4.94. The van der Waals surface area contributed by atoms with Gasteiger partial charge < -0.3 is 51.2 Å². The molecule has 2 atom stereocenters. The van der Waals surface area contributed by atoms with E-state index in [1.54, 1.807) is 60.7 Å². The Morgan fingerprint density at radius 2 is 0.812 bits per heavy atom. The molecule has 4 amide bonds. The Hall–Kier alpha value is -8.94. The van der Waals surface area contributed by atoms with E-state index in [-0.39, 0.29) is 79.5 Å². The van der Waals surface area contributed by atoms with Crippen LogP contribution in [-0.4, -0.2) is 105 Å². The fraction of sp³-hybridized carbons (Fsp3) is 0.367. The predicted molar refractivity (Wildman–Crippen MR) is 302 cm³/mol. The van der Waals surface area contributed by atoms with Crippen LogP contribution in [0.25, 0.3) is 12.2 Å². The second kappa shape index (κ2) is 38.6. The second-order valence-corrected chi connectivity index (χ2v) is 17.8. The van der Waals surface area contributed by atoms with Gasteiger partial charge in [-0.1, -0.05) is 164 Å². The van der Waals surface area contributed by atoms with Gasteiger partial charge in [-0.2, -0.15) is 0 Å². The van der Waals surface area contributed by atoms with Crippen LogP contribution in [0.4, 0.5) is 0 Å². The van der Waals surface area contributed by atoms with Crippen molar-refractivity contribution in [2.24, 2.45) is 0 Å². The van der Waals surface area contributed by atoms with Crippen molar-refractivity contribution in [1.29, 1.82) is 0 Å². The first-order chi connectivity index (χ1) is 37.4. The number of benzene rings is 4. The van der Waals surface area contributed by atoms with Crippen molar-refractivity contribution in [3.63, 3.8) is 0 Å². The number of carboxylic acid groups (broad SMARTS) is 4. The molecule has 0 aromatic heterocycles. The highest BCUT2D eigenvalue weighted by atomic mass is 16.6. The van der Waals surface area contributed by atoms with Crippen LogP contribution < -0.4 is 21.3 Å². The summed E-state index contributed by atoms with van der Waals surface area (Å²) in [5, 5.41) is 46.3. The van der Waals surface area contributed by atoms with E-state index in [0.717, 1.165) is 55.7 Å². The highest BCUT2D eigenvalue weighted by molar-refractivity contribution is 6.18. The lowest BCUT2D eigenvalue weighted by molar-refractivity contribution is -0.149. The van der Waals surface area contributed by atoms with Gasteiger partial charge in [0.1, 0.15) is 36.4 Å². The number of unbranched alkanes of at least 4 members (excludes halogenated alkanes) is 4. The van der Waals surface area contributed by atoms with Gasteiger partial charge in [-0.05, 0) is 58.4 Å². The summed E-state index contributed by atoms with van der Waals surface area (Å²) in [5.74, 6) is -8.89. The lowest BCUT2D eigenvalue weighted by atomic mass is 10.0. The molecule has 8 N–H and O–H groups in total. The van der Waals surface area contributed by atoms with E-state index in [1.807, 2.05) is 43.3 Å². The molecule has 0 aliphatic carbocycles. The molecule has 0 bridgehead atoms. The summed E-state index contributed by atoms with van der Waals surface area (Å²) in [6.07, 6.45) is 6.91. The molecule has 20 heteroatoms. The topological polar surface area (TPSA) is 318 Å². The Labute approximate surface area is 468 Å². The van der Waals surface area contributed by atoms with Crippen LogP contribution in [0.15, 0.2) is 120 Å². The number of hydrogen-bond acceptors (Lipinski definition) is 12. The zero-order valence-corrected chi connectivity index (χ0v) is 43.7. The Morgan fingerprint density at radius 3 is 1.14 bits per heavy atom. The van der Waals surface area contributed by atoms with Crippen molar-refractivity contribution in [3.05, 3.63) is 154 Å². The van der Waals surface area contributed by atoms with Gasteiger partial charge in [0.2, 0.25) is 23.6 Å². The monoisotopic (exact) mass is 1110 g/mol. The van der Waals surface area contributed by atoms with E-state index < -0.39 is 71.2 Å². The van der Waals surface area contributed by atoms with E-state index in [2.05, 4.69) is 28.2 Å². The Balaban J connectivity index is 0.00000162. The van der Waals surface area contributed by atoms with Crippen molar-refractivity contribution in [3.8, 4) is 0 Å². The zero-order valence-electron chi connectivity index (χ0n) is 43.7. The molecule has 0 saturated carbocycles. The first-order valence-electron chi connectivity index (χ1n) is 25.5. The molecule has 0 heterocycles. The average molecular weight is 1110 g/mol. The van der Waals surface area contributed by atoms with Crippen molar-refractivity contribution in [2.45, 2.75) is 131 Å². The van der Waals surface area contributed by atoms with Gasteiger partial charge in [0.25, 0.3) is 0 Å². The lowest BCUT2D eigenvalue weighted by Crippen LogP contribution is -2.48. The van der Waals surface area contributed by atoms with E-state index >= 15 is 0 Å². The zero-order chi connectivity index (χ0) is 57.2. The maximum atomic E-state index is 13.1. The maximum Gasteiger partial charge on any atom is 0.345 e. The Bertz CT molecular complexity index is 2620. The fourth-order valence-corrected chi connectivity index (χ4v) is 7.13. The van der Waals surface area contributed by atoms with Gasteiger partial charge in [-0.3, -0.25) is 28.8 Å². The number of carbonyl (C=O) groups excluding carboxylic acids is 6. The van der Waals surface area contributed by atoms with E-state index in [9.17, 15) is 47.9 Å². The number of esters is 2. The van der Waals surface area contributed by atoms with Crippen LogP contribution >= 0.6 is 0 Å². The van der Waals surface area contributed by atoms with Gasteiger partial charge in [0.15, 0.2) is 0 Å². The van der Waals surface area contributed by atoms with Gasteiger partial charge >= 0.3 is 35.8 Å². The maximum absolute atomic E-state index is 13.1. The third kappa shape index (κ3) is 27.9. The van der Waals surface area contributed by atoms with Crippen LogP contribution in [0.1, 0.15) is 128 Å². The number of aliphatic carboxylic acids is 4. The molecule has 0 saturated heterocycles. The summed E-state index contributed by atoms with van der Waals surface area (Å²) >= 11 is 0. The van der Waals surface area contributed by atoms with Gasteiger partial charge in [-0.25, -0.2) is 19.2 Å². The van der Waals surface area contributed by atoms with Crippen LogP contribution in [0.3, 0.4) is 0 Å². The summed E-state index contributed by atoms with van der Waals surface area (Å²) < 4.78 is 10.9. The number of nitrogens with one attached hydrogen (secondary N) is 4. The molecule has 4 aromatic carbocycles. The second-order valence-electron chi connectivity index (χ2n) is 17.8. The molecule has 20 nitrogen and oxygen atoms in total. The fourth-order valence-electron chi connectivity index (χ4n) is 7.13. The standard InChI is InChI=1S/C36H40N2O8.C22H28N2O8.2CH4.H2/c1-2-3-10-21-37-34(42)31(38-32(39)19-20-33(40)41)23-27-17-15-26(16-18-27)22-30(35(43)45-24-28-11-6-4-7-12-28)36(44)46-25-29-13-8-5-9-14-29;1-2-3-4-11-23-20(28)17(24-18(25)9-10-19(26)27)13-15-7-5-14(6-8-15)12-16(21(29)30)22(31)32;;;/h4-9,11-18,22,31H,2-3,10,19-21,23-25H2,1H3,(H,37,42)(H,38,39)(H,40,41);5-8,12,17H,2-4,9-11,13H2,1H3,(H,23,28)(H,24,25)(H,26,27)(H,29,30)(H,31,32);2*1H4;1H/t31-;17-;;;/m00.../s1. The lowest BCUT2D eigenvalue weighted by Gasteiger charge is -2.19. The molecule has 0 aliphatic heterocycles. The molecule has 434 valence electrons. The Morgan fingerprint density at radius 1 is 0.463 bits per heavy atom. The Kier molecular flexibility index (Phi) is 33.3. The van der Waals surface area contributed by atoms with Gasteiger partial charge in [0.05, 0.1) is 12.8 Å². The molecule has 0 unspecified atom stereocenters. The van der Waals surface area contributed by atoms with E-state index in [1.165, 1.54) is 18.2 Å². The number of carbonyl (C=O) groups is 10. The largest absolute Gasteiger partial charge is 0.481 e. The van der Waals surface area contributed by atoms with Crippen LogP contribution in [0, 0.1) is 0 Å². The minimum atomic E-state index is -1.56. The number of carboxylic acids is 4. The summed E-state index contributed by atoms with van der Waals surface area (Å²) in [5.41, 5.74) is 2.65. The third-order valence-electron chi connectivity index (χ3n) is 11.4. The van der Waals surface area contributed by atoms with E-state index in [4.69, 9.17) is 29.9 Å². The van der Waals surface area contributed by atoms with Crippen LogP contribution in [0.5, 0.6) is 0 Å². The van der Waals surface area contributed by atoms with Crippen molar-refractivity contribution in [2.75, 3.05) is 13.1 Å². The number of hydrogen-bond donors (Lipinski definition) is 8. The first-order valence-corrected chi connectivity index (χ1v) is 25.5. The molecule has 4 rings (SSSR count). The minimum Gasteiger partial charge on any atom is -0.481 e. The quantitative estimate of drug-likeness (QED) is 0.00763. The van der Waals surface area contributed by atoms with Gasteiger partial charge in [0, 0.05) is 40.2 Å². The molecule has 80 heavy (non-hydrogen) atoms. The molecule has 0 radical (unpaired) electrons.